The Hall–Kier alpha value is -9.61. The SMILES string of the molecule is CNCCN(C)C.COc1cc(F)c([N+](=O)[O-])cc1Nc1ncc2cc(Oc3ccc(F)cc3F)c(=O)n(C)c2n1.COc1cc(N(C)CCN(C)C)c([N+](=O)[O-])cc1Nc1ncc2cc(Oc3ccc(F)cc3F)c(=O)n(C)c2n1. The summed E-state index contributed by atoms with van der Waals surface area (Å²) in [5.41, 5.74) is -1.23. The zero-order valence-electron chi connectivity index (χ0n) is 45.3. The predicted molar refractivity (Wildman–Crippen MR) is 293 cm³/mol. The number of halogens is 5. The number of nitrogens with zero attached hydrogens (tertiary/aromatic N) is 11. The summed E-state index contributed by atoms with van der Waals surface area (Å²) in [5.74, 6) is -5.48. The highest BCUT2D eigenvalue weighted by molar-refractivity contribution is 5.81. The van der Waals surface area contributed by atoms with Gasteiger partial charge in [-0.2, -0.15) is 14.4 Å². The molecule has 4 heterocycles. The molecule has 0 atom stereocenters. The van der Waals surface area contributed by atoms with Gasteiger partial charge in [-0.15, -0.1) is 0 Å². The lowest BCUT2D eigenvalue weighted by Gasteiger charge is -2.22. The molecule has 81 heavy (non-hydrogen) atoms. The molecule has 0 amide bonds. The number of ether oxygens (including phenoxy) is 4. The van der Waals surface area contributed by atoms with E-state index in [9.17, 15) is 51.8 Å². The quantitative estimate of drug-likeness (QED) is 0.0393. The molecule has 0 spiro atoms. The van der Waals surface area contributed by atoms with Crippen molar-refractivity contribution in [3.63, 3.8) is 0 Å². The normalized spacial score (nSPS) is 10.9. The number of aromatic nitrogens is 6. The van der Waals surface area contributed by atoms with Crippen LogP contribution in [0.5, 0.6) is 34.5 Å². The van der Waals surface area contributed by atoms with Crippen molar-refractivity contribution in [1.82, 2.24) is 44.2 Å². The van der Waals surface area contributed by atoms with Crippen molar-refractivity contribution in [2.45, 2.75) is 0 Å². The molecule has 0 aliphatic rings. The topological polar surface area (TPSA) is 265 Å². The van der Waals surface area contributed by atoms with E-state index in [1.165, 1.54) is 63.5 Å². The molecule has 0 aliphatic heterocycles. The van der Waals surface area contributed by atoms with Gasteiger partial charge in [-0.3, -0.25) is 39.0 Å². The number of nitro groups is 2. The van der Waals surface area contributed by atoms with Gasteiger partial charge in [-0.05, 0) is 71.6 Å². The molecule has 4 aromatic heterocycles. The number of fused-ring (bicyclic) bond motifs is 2. The number of nitro benzene ring substituents is 2. The Balaban J connectivity index is 0.000000236. The molecule has 3 N–H and O–H groups in total. The zero-order chi connectivity index (χ0) is 59.4. The van der Waals surface area contributed by atoms with Crippen LogP contribution < -0.4 is 50.9 Å². The summed E-state index contributed by atoms with van der Waals surface area (Å²) >= 11 is 0. The predicted octanol–water partition coefficient (Wildman–Crippen LogP) is 8.02. The highest BCUT2D eigenvalue weighted by atomic mass is 19.1. The average Bonchev–Trinajstić information content (AvgIpc) is 3.62. The molecule has 8 aromatic rings. The lowest BCUT2D eigenvalue weighted by atomic mass is 10.2. The second kappa shape index (κ2) is 26.8. The first-order valence-corrected chi connectivity index (χ1v) is 24.0. The van der Waals surface area contributed by atoms with E-state index >= 15 is 0 Å². The summed E-state index contributed by atoms with van der Waals surface area (Å²) in [6, 6.07) is 12.7. The summed E-state index contributed by atoms with van der Waals surface area (Å²) in [5, 5.41) is 32.4. The van der Waals surface area contributed by atoms with Crippen LogP contribution in [0.1, 0.15) is 0 Å². The van der Waals surface area contributed by atoms with Crippen LogP contribution in [0.4, 0.5) is 62.3 Å². The van der Waals surface area contributed by atoms with Crippen LogP contribution in [0, 0.1) is 49.3 Å². The third kappa shape index (κ3) is 15.2. The number of nitrogens with one attached hydrogen (secondary N) is 3. The van der Waals surface area contributed by atoms with Crippen molar-refractivity contribution < 1.29 is 50.7 Å². The first kappa shape index (κ1) is 60.6. The summed E-state index contributed by atoms with van der Waals surface area (Å²) in [7, 11) is 17.2. The number of anilines is 5. The molecule has 8 rings (SSSR count). The highest BCUT2D eigenvalue weighted by Gasteiger charge is 2.24. The van der Waals surface area contributed by atoms with E-state index in [2.05, 4.69) is 54.9 Å². The smallest absolute Gasteiger partial charge is 0.307 e. The number of methoxy groups -OCH3 is 2. The van der Waals surface area contributed by atoms with E-state index in [0.29, 0.717) is 47.4 Å². The van der Waals surface area contributed by atoms with Crippen LogP contribution in [0.2, 0.25) is 0 Å². The third-order valence-corrected chi connectivity index (χ3v) is 11.6. The molecular weight excluding hydrogens is 1080 g/mol. The number of hydrogen-bond donors (Lipinski definition) is 3. The van der Waals surface area contributed by atoms with Crippen molar-refractivity contribution in [2.24, 2.45) is 14.1 Å². The molecule has 0 fully saturated rings. The summed E-state index contributed by atoms with van der Waals surface area (Å²) in [6.45, 7) is 3.43. The minimum atomic E-state index is -1.08. The van der Waals surface area contributed by atoms with Crippen LogP contribution in [0.15, 0.2) is 94.8 Å². The van der Waals surface area contributed by atoms with Gasteiger partial charge in [0, 0.05) is 107 Å². The Bertz CT molecular complexity index is 3740. The van der Waals surface area contributed by atoms with E-state index in [-0.39, 0.29) is 69.0 Å². The van der Waals surface area contributed by atoms with Crippen LogP contribution in [-0.4, -0.2) is 131 Å². The molecule has 0 bridgehead atoms. The Morgan fingerprint density at radius 1 is 0.568 bits per heavy atom. The minimum absolute atomic E-state index is 0.0201. The van der Waals surface area contributed by atoms with Gasteiger partial charge < -0.3 is 49.6 Å². The highest BCUT2D eigenvalue weighted by Crippen LogP contribution is 2.39. The lowest BCUT2D eigenvalue weighted by Crippen LogP contribution is -2.29. The molecular formula is C52H55F5N14O10. The van der Waals surface area contributed by atoms with Crippen molar-refractivity contribution >= 4 is 62.4 Å². The maximum Gasteiger partial charge on any atom is 0.307 e. The monoisotopic (exact) mass is 1130 g/mol. The largest absolute Gasteiger partial charge is 0.494 e. The van der Waals surface area contributed by atoms with Crippen LogP contribution in [0.3, 0.4) is 0 Å². The Labute approximate surface area is 458 Å². The van der Waals surface area contributed by atoms with E-state index < -0.39 is 55.7 Å². The van der Waals surface area contributed by atoms with Crippen molar-refractivity contribution in [1.29, 1.82) is 0 Å². The van der Waals surface area contributed by atoms with Gasteiger partial charge in [0.15, 0.2) is 34.6 Å². The fourth-order valence-electron chi connectivity index (χ4n) is 7.33. The summed E-state index contributed by atoms with van der Waals surface area (Å²) in [6.07, 6.45) is 2.73. The van der Waals surface area contributed by atoms with Gasteiger partial charge in [0.2, 0.25) is 17.7 Å². The number of hydrogen-bond acceptors (Lipinski definition) is 20. The summed E-state index contributed by atoms with van der Waals surface area (Å²) in [4.78, 5) is 70.0. The fourth-order valence-corrected chi connectivity index (χ4v) is 7.33. The van der Waals surface area contributed by atoms with Gasteiger partial charge in [-0.25, -0.2) is 27.5 Å². The molecule has 0 saturated carbocycles. The van der Waals surface area contributed by atoms with Crippen molar-refractivity contribution in [3.05, 3.63) is 155 Å². The first-order chi connectivity index (χ1) is 38.4. The van der Waals surface area contributed by atoms with Gasteiger partial charge in [0.1, 0.15) is 40.1 Å². The van der Waals surface area contributed by atoms with Crippen molar-refractivity contribution in [3.8, 4) is 34.5 Å². The average molecular weight is 1130 g/mol. The molecule has 0 radical (unpaired) electrons. The van der Waals surface area contributed by atoms with Gasteiger partial charge >= 0.3 is 5.69 Å². The number of aryl methyl sites for hydroxylation is 2. The van der Waals surface area contributed by atoms with Gasteiger partial charge in [0.05, 0.1) is 35.4 Å². The minimum Gasteiger partial charge on any atom is -0.494 e. The molecule has 0 unspecified atom stereocenters. The molecule has 4 aromatic carbocycles. The number of rotatable bonds is 19. The van der Waals surface area contributed by atoms with E-state index in [4.69, 9.17) is 18.9 Å². The lowest BCUT2D eigenvalue weighted by molar-refractivity contribution is -0.387. The standard InChI is InChI=1S/C26H27F2N7O5.C21H14F3N5O5.C5H14N2/c1-32(2)8-9-33(3)19-13-22(39-5)18(12-20(19)35(37)38)30-26-29-14-15-10-23(25(36)34(4)24(15)31-26)40-21-7-6-16(27)11-17(21)28;1-28-19-10(5-18(20(28)30)34-16-4-3-11(22)6-13(16)24)9-25-21(27-19)26-14-8-15(29(31)32)12(23)7-17(14)33-2;1-6-4-5-7(2)3/h6-7,10-14H,8-9H2,1-5H3,(H,29,30,31);3-9H,1-2H3,(H,25,26,27);6H,4-5H2,1-3H3. The molecule has 428 valence electrons. The number of pyridine rings is 2. The zero-order valence-corrected chi connectivity index (χ0v) is 45.3. The summed E-state index contributed by atoms with van der Waals surface area (Å²) < 4.78 is 91.8. The van der Waals surface area contributed by atoms with Crippen LogP contribution >= 0.6 is 0 Å². The van der Waals surface area contributed by atoms with Crippen molar-refractivity contribution in [2.75, 3.05) is 98.2 Å². The van der Waals surface area contributed by atoms with Gasteiger partial charge in [0.25, 0.3) is 16.8 Å². The van der Waals surface area contributed by atoms with Crippen LogP contribution in [0.25, 0.3) is 22.1 Å². The first-order valence-electron chi connectivity index (χ1n) is 24.0. The fraction of sp³-hybridized carbons (Fsp3) is 0.269. The Morgan fingerprint density at radius 2 is 1.01 bits per heavy atom. The maximum absolute atomic E-state index is 14.1. The second-order valence-corrected chi connectivity index (χ2v) is 18.0. The van der Waals surface area contributed by atoms with Crippen LogP contribution in [-0.2, 0) is 14.1 Å². The third-order valence-electron chi connectivity index (χ3n) is 11.6. The molecule has 29 heteroatoms. The maximum atomic E-state index is 14.1. The Kier molecular flexibility index (Phi) is 20.1. The Morgan fingerprint density at radius 3 is 1.41 bits per heavy atom. The van der Waals surface area contributed by atoms with E-state index in [1.807, 2.05) is 26.0 Å². The molecule has 24 nitrogen and oxygen atoms in total. The van der Waals surface area contributed by atoms with Gasteiger partial charge in [-0.1, -0.05) is 0 Å². The van der Waals surface area contributed by atoms with E-state index in [0.717, 1.165) is 54.1 Å². The number of likely N-dealkylation sites (N-methyl/N-ethyl adjacent to an activating group) is 4. The molecule has 0 saturated heterocycles. The molecule has 0 aliphatic carbocycles. The number of benzene rings is 4. The second-order valence-electron chi connectivity index (χ2n) is 18.0. The van der Waals surface area contributed by atoms with E-state index in [1.54, 1.807) is 18.0 Å².